The first-order chi connectivity index (χ1) is 9.86. The molecule has 0 aliphatic heterocycles. The molecule has 1 aliphatic rings. The van der Waals surface area contributed by atoms with E-state index >= 15 is 0 Å². The Hall–Kier alpha value is -1.46. The van der Waals surface area contributed by atoms with E-state index in [0.717, 1.165) is 6.42 Å². The van der Waals surface area contributed by atoms with E-state index in [0.29, 0.717) is 22.7 Å². The number of ether oxygens (including phenoxy) is 1. The maximum atomic E-state index is 12.3. The first-order valence-electron chi connectivity index (χ1n) is 7.18. The number of carbonyl (C=O) groups is 1. The van der Waals surface area contributed by atoms with Crippen LogP contribution in [0.4, 0.5) is 0 Å². The van der Waals surface area contributed by atoms with Crippen LogP contribution in [-0.2, 0) is 4.74 Å². The Morgan fingerprint density at radius 1 is 1.48 bits per heavy atom. The van der Waals surface area contributed by atoms with Crippen LogP contribution in [-0.4, -0.2) is 29.6 Å². The highest BCUT2D eigenvalue weighted by Gasteiger charge is 2.49. The zero-order valence-corrected chi connectivity index (χ0v) is 13.5. The fourth-order valence-electron chi connectivity index (χ4n) is 2.67. The normalized spacial score (nSPS) is 23.2. The zero-order chi connectivity index (χ0) is 15.6. The molecule has 1 aromatic rings. The maximum absolute atomic E-state index is 12.3. The molecule has 4 nitrogen and oxygen atoms in total. The molecule has 1 amide bonds. The van der Waals surface area contributed by atoms with Gasteiger partial charge in [-0.25, -0.2) is 0 Å². The van der Waals surface area contributed by atoms with Gasteiger partial charge in [0.2, 0.25) is 0 Å². The molecule has 2 atom stereocenters. The monoisotopic (exact) mass is 306 g/mol. The van der Waals surface area contributed by atoms with Crippen molar-refractivity contribution in [3.05, 3.63) is 35.4 Å². The van der Waals surface area contributed by atoms with Gasteiger partial charge < -0.3 is 15.8 Å². The summed E-state index contributed by atoms with van der Waals surface area (Å²) in [5.41, 5.74) is 6.84. The van der Waals surface area contributed by atoms with Gasteiger partial charge in [-0.2, -0.15) is 0 Å². The summed E-state index contributed by atoms with van der Waals surface area (Å²) in [6.45, 7) is 6.92. The lowest BCUT2D eigenvalue weighted by atomic mass is 9.64. The van der Waals surface area contributed by atoms with Crippen LogP contribution in [0.25, 0.3) is 0 Å². The lowest BCUT2D eigenvalue weighted by molar-refractivity contribution is -0.111. The predicted molar refractivity (Wildman–Crippen MR) is 87.4 cm³/mol. The Labute approximate surface area is 131 Å². The Morgan fingerprint density at radius 2 is 2.14 bits per heavy atom. The number of amides is 1. The van der Waals surface area contributed by atoms with Crippen molar-refractivity contribution in [3.8, 4) is 0 Å². The molecule has 114 valence electrons. The number of nitrogens with one attached hydrogen (secondary N) is 1. The molecule has 0 spiro atoms. The number of hydrogen-bond acceptors (Lipinski definition) is 3. The molecular formula is C16H22N2O2S. The van der Waals surface area contributed by atoms with E-state index in [4.69, 9.17) is 22.7 Å². The summed E-state index contributed by atoms with van der Waals surface area (Å²) in [6.07, 6.45) is 1.05. The third-order valence-electron chi connectivity index (χ3n) is 4.26. The summed E-state index contributed by atoms with van der Waals surface area (Å²) in [5.74, 6) is -0.0962. The van der Waals surface area contributed by atoms with E-state index in [1.165, 1.54) is 0 Å². The van der Waals surface area contributed by atoms with Gasteiger partial charge in [0.25, 0.3) is 5.91 Å². The lowest BCUT2D eigenvalue weighted by Gasteiger charge is -2.51. The number of carbonyl (C=O) groups excluding carboxylic acids is 1. The van der Waals surface area contributed by atoms with Gasteiger partial charge in [0, 0.05) is 29.2 Å². The van der Waals surface area contributed by atoms with Gasteiger partial charge in [-0.1, -0.05) is 38.2 Å². The Kier molecular flexibility index (Phi) is 4.64. The Bertz CT molecular complexity index is 557. The van der Waals surface area contributed by atoms with Crippen LogP contribution < -0.4 is 11.1 Å². The molecule has 0 radical (unpaired) electrons. The molecule has 1 saturated carbocycles. The molecule has 1 aromatic carbocycles. The topological polar surface area (TPSA) is 64.3 Å². The molecule has 21 heavy (non-hydrogen) atoms. The standard InChI is InChI=1S/C16H22N2O2S/c1-4-20-13-9-12(16(13,2)3)18-15(19)11-7-5-6-10(8-11)14(17)21/h5-8,12-13H,4,9H2,1-3H3,(H2,17,21)(H,18,19). The Balaban J connectivity index is 2.03. The molecule has 3 N–H and O–H groups in total. The van der Waals surface area contributed by atoms with Crippen molar-refractivity contribution < 1.29 is 9.53 Å². The van der Waals surface area contributed by atoms with Gasteiger partial charge in [0.05, 0.1) is 6.10 Å². The Morgan fingerprint density at radius 3 is 2.71 bits per heavy atom. The van der Waals surface area contributed by atoms with E-state index in [-0.39, 0.29) is 23.5 Å². The van der Waals surface area contributed by atoms with Crippen molar-refractivity contribution in [1.29, 1.82) is 0 Å². The minimum absolute atomic E-state index is 0.0492. The van der Waals surface area contributed by atoms with Crippen molar-refractivity contribution >= 4 is 23.1 Å². The van der Waals surface area contributed by atoms with Gasteiger partial charge in [-0.15, -0.1) is 0 Å². The molecule has 1 aliphatic carbocycles. The summed E-state index contributed by atoms with van der Waals surface area (Å²) < 4.78 is 5.68. The lowest BCUT2D eigenvalue weighted by Crippen LogP contribution is -2.62. The van der Waals surface area contributed by atoms with E-state index < -0.39 is 0 Å². The van der Waals surface area contributed by atoms with Gasteiger partial charge >= 0.3 is 0 Å². The number of nitrogens with two attached hydrogens (primary N) is 1. The van der Waals surface area contributed by atoms with Gasteiger partial charge in [0.1, 0.15) is 4.99 Å². The van der Waals surface area contributed by atoms with Crippen LogP contribution in [0.15, 0.2) is 24.3 Å². The maximum Gasteiger partial charge on any atom is 0.251 e. The van der Waals surface area contributed by atoms with E-state index in [2.05, 4.69) is 19.2 Å². The predicted octanol–water partition coefficient (Wildman–Crippen LogP) is 2.25. The average Bonchev–Trinajstić information content (AvgIpc) is 2.46. The van der Waals surface area contributed by atoms with E-state index in [9.17, 15) is 4.79 Å². The van der Waals surface area contributed by atoms with Crippen molar-refractivity contribution in [3.63, 3.8) is 0 Å². The minimum atomic E-state index is -0.0962. The van der Waals surface area contributed by atoms with Gasteiger partial charge in [0.15, 0.2) is 0 Å². The van der Waals surface area contributed by atoms with Crippen molar-refractivity contribution in [1.82, 2.24) is 5.32 Å². The number of thiocarbonyl (C=S) groups is 1. The summed E-state index contributed by atoms with van der Waals surface area (Å²) in [6, 6.07) is 7.21. The number of benzene rings is 1. The van der Waals surface area contributed by atoms with Gasteiger partial charge in [-0.05, 0) is 25.5 Å². The molecular weight excluding hydrogens is 284 g/mol. The van der Waals surface area contributed by atoms with Crippen LogP contribution in [0.5, 0.6) is 0 Å². The van der Waals surface area contributed by atoms with Crippen LogP contribution in [0.2, 0.25) is 0 Å². The van der Waals surface area contributed by atoms with Crippen molar-refractivity contribution in [2.75, 3.05) is 6.61 Å². The average molecular weight is 306 g/mol. The molecule has 0 bridgehead atoms. The number of rotatable bonds is 5. The third-order valence-corrected chi connectivity index (χ3v) is 4.50. The van der Waals surface area contributed by atoms with Gasteiger partial charge in [-0.3, -0.25) is 4.79 Å². The summed E-state index contributed by atoms with van der Waals surface area (Å²) in [5, 5.41) is 3.07. The minimum Gasteiger partial charge on any atom is -0.389 e. The van der Waals surface area contributed by atoms with Crippen LogP contribution in [0.1, 0.15) is 43.1 Å². The van der Waals surface area contributed by atoms with Crippen LogP contribution in [0.3, 0.4) is 0 Å². The molecule has 0 saturated heterocycles. The highest BCUT2D eigenvalue weighted by atomic mass is 32.1. The summed E-state index contributed by atoms with van der Waals surface area (Å²) in [7, 11) is 0. The highest BCUT2D eigenvalue weighted by molar-refractivity contribution is 7.80. The largest absolute Gasteiger partial charge is 0.389 e. The third kappa shape index (κ3) is 3.24. The first kappa shape index (κ1) is 15.9. The molecule has 2 rings (SSSR count). The van der Waals surface area contributed by atoms with Crippen molar-refractivity contribution in [2.45, 2.75) is 39.3 Å². The second-order valence-corrected chi connectivity index (χ2v) is 6.41. The van der Waals surface area contributed by atoms with Crippen molar-refractivity contribution in [2.24, 2.45) is 11.1 Å². The molecule has 5 heteroatoms. The van der Waals surface area contributed by atoms with Crippen LogP contribution in [0, 0.1) is 5.41 Å². The first-order valence-corrected chi connectivity index (χ1v) is 7.59. The fraction of sp³-hybridized carbons (Fsp3) is 0.500. The quantitative estimate of drug-likeness (QED) is 0.819. The fourth-order valence-corrected chi connectivity index (χ4v) is 2.80. The number of hydrogen-bond donors (Lipinski definition) is 2. The molecule has 2 unspecified atom stereocenters. The zero-order valence-electron chi connectivity index (χ0n) is 12.7. The second kappa shape index (κ2) is 6.12. The smallest absolute Gasteiger partial charge is 0.251 e. The SMILES string of the molecule is CCOC1CC(NC(=O)c2cccc(C(N)=S)c2)C1(C)C. The van der Waals surface area contributed by atoms with Crippen LogP contribution >= 0.6 is 12.2 Å². The molecule has 1 fully saturated rings. The van der Waals surface area contributed by atoms with E-state index in [1.54, 1.807) is 24.3 Å². The summed E-state index contributed by atoms with van der Waals surface area (Å²) in [4.78, 5) is 12.6. The summed E-state index contributed by atoms with van der Waals surface area (Å²) >= 11 is 4.94. The van der Waals surface area contributed by atoms with E-state index in [1.807, 2.05) is 6.92 Å². The highest BCUT2D eigenvalue weighted by Crippen LogP contribution is 2.42. The molecule has 0 heterocycles. The second-order valence-electron chi connectivity index (χ2n) is 5.97. The molecule has 0 aromatic heterocycles.